The second kappa shape index (κ2) is 10.9. The fourth-order valence-electron chi connectivity index (χ4n) is 4.45. The van der Waals surface area contributed by atoms with Gasteiger partial charge in [0.2, 0.25) is 20.0 Å². The van der Waals surface area contributed by atoms with E-state index in [2.05, 4.69) is 10.6 Å². The Morgan fingerprint density at radius 2 is 1.69 bits per heavy atom. The van der Waals surface area contributed by atoms with Gasteiger partial charge in [-0.1, -0.05) is 0 Å². The van der Waals surface area contributed by atoms with Crippen molar-refractivity contribution in [2.24, 2.45) is 0 Å². The summed E-state index contributed by atoms with van der Waals surface area (Å²) in [5, 5.41) is 10.2. The molecule has 2 N–H and O–H groups in total. The normalized spacial score (nSPS) is 18.3. The Morgan fingerprint density at radius 1 is 1.08 bits per heavy atom. The van der Waals surface area contributed by atoms with Crippen molar-refractivity contribution in [3.05, 3.63) is 35.5 Å². The van der Waals surface area contributed by atoms with Gasteiger partial charge >= 0.3 is 6.09 Å². The van der Waals surface area contributed by atoms with Crippen LogP contribution in [0.3, 0.4) is 0 Å². The number of carbonyl (C=O) groups is 1. The lowest BCUT2D eigenvalue weighted by atomic mass is 10.0. The number of nitrogens with zero attached hydrogens (tertiary/aromatic N) is 3. The fourth-order valence-corrected chi connectivity index (χ4v) is 7.41. The Kier molecular flexibility index (Phi) is 8.56. The summed E-state index contributed by atoms with van der Waals surface area (Å²) in [6.45, 7) is 9.30. The van der Waals surface area contributed by atoms with Crippen LogP contribution in [0.2, 0.25) is 0 Å². The molecule has 1 aromatic carbocycles. The number of sulfonamides is 2. The molecule has 1 fully saturated rings. The SMILES string of the molecule is CC(C)NC(=O)O[C@@H]1CC[C@H](c2cc(Nc3cc(F)c(N(S(C)(=O)=O)S(C)(=O)=O)cc3F)n(C(C)(C)C)n2)C1. The number of hydrogen-bond donors (Lipinski definition) is 2. The Labute approximate surface area is 228 Å². The van der Waals surface area contributed by atoms with E-state index in [0.29, 0.717) is 55.4 Å². The molecule has 218 valence electrons. The first-order valence-electron chi connectivity index (χ1n) is 12.3. The van der Waals surface area contributed by atoms with Crippen LogP contribution in [0, 0.1) is 11.6 Å². The molecule has 1 amide bonds. The van der Waals surface area contributed by atoms with Crippen molar-refractivity contribution in [3.8, 4) is 0 Å². The molecular weight excluding hydrogens is 556 g/mol. The lowest BCUT2D eigenvalue weighted by molar-refractivity contribution is 0.0981. The first-order valence-corrected chi connectivity index (χ1v) is 16.0. The number of rotatable bonds is 8. The number of ether oxygens (including phenoxy) is 1. The first-order chi connectivity index (χ1) is 17.8. The second-order valence-electron chi connectivity index (χ2n) is 11.0. The predicted octanol–water partition coefficient (Wildman–Crippen LogP) is 4.16. The number of hydrogen-bond acceptors (Lipinski definition) is 8. The summed E-state index contributed by atoms with van der Waals surface area (Å²) in [6, 6.07) is 2.86. The van der Waals surface area contributed by atoms with Crippen molar-refractivity contribution in [2.45, 2.75) is 77.5 Å². The second-order valence-corrected chi connectivity index (χ2v) is 14.9. The molecule has 0 spiro atoms. The van der Waals surface area contributed by atoms with Crippen LogP contribution in [-0.2, 0) is 30.3 Å². The van der Waals surface area contributed by atoms with E-state index in [4.69, 9.17) is 9.84 Å². The van der Waals surface area contributed by atoms with Crippen LogP contribution < -0.4 is 14.3 Å². The summed E-state index contributed by atoms with van der Waals surface area (Å²) >= 11 is 0. The molecule has 0 bridgehead atoms. The molecule has 11 nitrogen and oxygen atoms in total. The Bertz CT molecular complexity index is 1420. The van der Waals surface area contributed by atoms with E-state index in [0.717, 1.165) is 0 Å². The molecule has 3 rings (SSSR count). The lowest BCUT2D eigenvalue weighted by Gasteiger charge is -2.24. The number of amides is 1. The van der Waals surface area contributed by atoms with Crippen molar-refractivity contribution in [2.75, 3.05) is 21.5 Å². The van der Waals surface area contributed by atoms with Crippen LogP contribution in [0.1, 0.15) is 65.5 Å². The highest BCUT2D eigenvalue weighted by Gasteiger charge is 2.33. The lowest BCUT2D eigenvalue weighted by Crippen LogP contribution is -2.36. The minimum Gasteiger partial charge on any atom is -0.446 e. The molecule has 1 heterocycles. The van der Waals surface area contributed by atoms with Gasteiger partial charge in [-0.25, -0.2) is 35.1 Å². The molecule has 1 aromatic heterocycles. The fraction of sp³-hybridized carbons (Fsp3) is 0.583. The minimum atomic E-state index is -4.47. The highest BCUT2D eigenvalue weighted by Crippen LogP contribution is 2.38. The molecule has 15 heteroatoms. The van der Waals surface area contributed by atoms with Crippen molar-refractivity contribution in [1.29, 1.82) is 0 Å². The minimum absolute atomic E-state index is 0.0342. The molecule has 1 aliphatic rings. The molecule has 0 saturated heterocycles. The molecule has 1 saturated carbocycles. The van der Waals surface area contributed by atoms with Gasteiger partial charge in [0.1, 0.15) is 23.4 Å². The van der Waals surface area contributed by atoms with Crippen molar-refractivity contribution in [1.82, 2.24) is 15.1 Å². The number of halogens is 2. The number of aromatic nitrogens is 2. The molecule has 39 heavy (non-hydrogen) atoms. The summed E-state index contributed by atoms with van der Waals surface area (Å²) in [6.07, 6.45) is 2.31. The molecular formula is C24H35F2N5O6S2. The zero-order chi connectivity index (χ0) is 29.5. The van der Waals surface area contributed by atoms with Crippen LogP contribution in [0.4, 0.5) is 30.8 Å². The number of nitrogens with one attached hydrogen (secondary N) is 2. The maximum absolute atomic E-state index is 15.1. The molecule has 0 unspecified atom stereocenters. The van der Waals surface area contributed by atoms with Crippen LogP contribution in [0.5, 0.6) is 0 Å². The van der Waals surface area contributed by atoms with E-state index in [-0.39, 0.29) is 27.5 Å². The van der Waals surface area contributed by atoms with Crippen molar-refractivity contribution >= 4 is 43.3 Å². The topological polar surface area (TPSA) is 140 Å². The van der Waals surface area contributed by atoms with Crippen LogP contribution >= 0.6 is 0 Å². The number of benzene rings is 1. The maximum Gasteiger partial charge on any atom is 0.407 e. The van der Waals surface area contributed by atoms with Gasteiger partial charge in [0.05, 0.1) is 29.4 Å². The van der Waals surface area contributed by atoms with Crippen LogP contribution in [0.25, 0.3) is 0 Å². The van der Waals surface area contributed by atoms with Crippen molar-refractivity contribution in [3.63, 3.8) is 0 Å². The van der Waals surface area contributed by atoms with Gasteiger partial charge in [-0.05, 0) is 53.9 Å². The number of anilines is 3. The zero-order valence-electron chi connectivity index (χ0n) is 22.9. The van der Waals surface area contributed by atoms with Crippen LogP contribution in [-0.4, -0.2) is 57.4 Å². The monoisotopic (exact) mass is 591 g/mol. The smallest absolute Gasteiger partial charge is 0.407 e. The van der Waals surface area contributed by atoms with Gasteiger partial charge < -0.3 is 15.4 Å². The van der Waals surface area contributed by atoms with Crippen molar-refractivity contribution < 1.29 is 35.1 Å². The summed E-state index contributed by atoms with van der Waals surface area (Å²) in [7, 11) is -8.94. The average Bonchev–Trinajstić information content (AvgIpc) is 3.35. The highest BCUT2D eigenvalue weighted by molar-refractivity contribution is 8.09. The zero-order valence-corrected chi connectivity index (χ0v) is 24.6. The summed E-state index contributed by atoms with van der Waals surface area (Å²) < 4.78 is 85.2. The van der Waals surface area contributed by atoms with E-state index < -0.39 is 49.0 Å². The van der Waals surface area contributed by atoms with E-state index >= 15 is 8.78 Å². The Hall–Kier alpha value is -2.94. The third kappa shape index (κ3) is 7.38. The Morgan fingerprint density at radius 3 is 2.23 bits per heavy atom. The number of alkyl carbamates (subject to hydrolysis) is 1. The molecule has 2 atom stereocenters. The van der Waals surface area contributed by atoms with E-state index in [1.54, 1.807) is 10.7 Å². The van der Waals surface area contributed by atoms with Gasteiger partial charge in [-0.2, -0.15) is 8.81 Å². The van der Waals surface area contributed by atoms with Gasteiger partial charge in [0.25, 0.3) is 0 Å². The first kappa shape index (κ1) is 30.6. The average molecular weight is 592 g/mol. The van der Waals surface area contributed by atoms with Gasteiger partial charge in [0, 0.05) is 30.2 Å². The standard InChI is InChI=1S/C24H35F2N5O6S2/c1-14(2)27-23(32)37-16-9-8-15(10-16)19-13-22(30(29-19)24(3,4)5)28-20-11-18(26)21(12-17(20)25)31(38(6,33)34)39(7,35)36/h11-16,28H,8-10H2,1-7H3,(H,27,32)/t15-,16+/m0/s1. The molecule has 0 radical (unpaired) electrons. The quantitative estimate of drug-likeness (QED) is 0.467. The highest BCUT2D eigenvalue weighted by atomic mass is 32.3. The van der Waals surface area contributed by atoms with Crippen LogP contribution in [0.15, 0.2) is 18.2 Å². The van der Waals surface area contributed by atoms with E-state index in [1.165, 1.54) is 0 Å². The molecule has 0 aliphatic heterocycles. The van der Waals surface area contributed by atoms with E-state index in [9.17, 15) is 21.6 Å². The van der Waals surface area contributed by atoms with Gasteiger partial charge in [-0.15, -0.1) is 0 Å². The predicted molar refractivity (Wildman–Crippen MR) is 144 cm³/mol. The third-order valence-electron chi connectivity index (χ3n) is 5.95. The molecule has 1 aliphatic carbocycles. The number of carbonyl (C=O) groups excluding carboxylic acids is 1. The molecule has 2 aromatic rings. The Balaban J connectivity index is 1.91. The van der Waals surface area contributed by atoms with Gasteiger partial charge in [-0.3, -0.25) is 0 Å². The van der Waals surface area contributed by atoms with Gasteiger partial charge in [0.15, 0.2) is 5.82 Å². The summed E-state index contributed by atoms with van der Waals surface area (Å²) in [4.78, 5) is 12.0. The third-order valence-corrected chi connectivity index (χ3v) is 9.17. The largest absolute Gasteiger partial charge is 0.446 e. The summed E-state index contributed by atoms with van der Waals surface area (Å²) in [5.41, 5.74) is -1.18. The van der Waals surface area contributed by atoms with E-state index in [1.807, 2.05) is 34.6 Å². The maximum atomic E-state index is 15.1. The summed E-state index contributed by atoms with van der Waals surface area (Å²) in [5.74, 6) is -2.02.